The molecule has 1 aromatic heterocycles. The van der Waals surface area contributed by atoms with E-state index in [-0.39, 0.29) is 16.9 Å². The Kier molecular flexibility index (Phi) is 7.04. The van der Waals surface area contributed by atoms with Crippen molar-refractivity contribution in [2.24, 2.45) is 0 Å². The number of phosphoric acid groups is 1. The highest BCUT2D eigenvalue weighted by atomic mass is 127. The molecule has 2 N–H and O–H groups in total. The van der Waals surface area contributed by atoms with Crippen LogP contribution in [-0.4, -0.2) is 57.5 Å². The van der Waals surface area contributed by atoms with Crippen molar-refractivity contribution in [1.29, 1.82) is 0 Å². The smallest absolute Gasteiger partial charge is 0.432 e. The van der Waals surface area contributed by atoms with Crippen molar-refractivity contribution >= 4 is 42.4 Å². The molecule has 0 radical (unpaired) electrons. The maximum absolute atomic E-state index is 15.2. The molecule has 168 valence electrons. The first-order valence-corrected chi connectivity index (χ1v) is 11.7. The molecule has 12 nitrogen and oxygen atoms in total. The predicted octanol–water partition coefficient (Wildman–Crippen LogP) is 1.93. The number of aromatic nitrogens is 2. The Morgan fingerprint density at radius 1 is 1.57 bits per heavy atom. The first-order chi connectivity index (χ1) is 14.1. The van der Waals surface area contributed by atoms with Gasteiger partial charge in [0, 0.05) is 10.6 Å². The first kappa shape index (κ1) is 23.3. The van der Waals surface area contributed by atoms with Gasteiger partial charge in [-0.1, -0.05) is 22.6 Å². The summed E-state index contributed by atoms with van der Waals surface area (Å²) in [6, 6.07) is 1.31. The number of hydrogen-bond donors (Lipinski definition) is 1. The van der Waals surface area contributed by atoms with Crippen molar-refractivity contribution in [1.82, 2.24) is 9.55 Å². The molecular formula is C15H20FIN3O9P. The van der Waals surface area contributed by atoms with Gasteiger partial charge in [-0.25, -0.2) is 23.1 Å². The summed E-state index contributed by atoms with van der Waals surface area (Å²) in [6.07, 6.45) is -4.92. The van der Waals surface area contributed by atoms with Gasteiger partial charge in [-0.2, -0.15) is 4.98 Å². The van der Waals surface area contributed by atoms with Gasteiger partial charge >= 0.3 is 19.7 Å². The van der Waals surface area contributed by atoms with E-state index in [4.69, 9.17) is 28.8 Å². The van der Waals surface area contributed by atoms with E-state index in [1.165, 1.54) is 12.3 Å². The number of carbonyl (C=O) groups excluding carboxylic acids is 1. The summed E-state index contributed by atoms with van der Waals surface area (Å²) in [6.45, 7) is 2.08. The number of anilines is 1. The maximum atomic E-state index is 15.2. The zero-order valence-corrected chi connectivity index (χ0v) is 19.0. The van der Waals surface area contributed by atoms with E-state index in [1.807, 2.05) is 22.6 Å². The van der Waals surface area contributed by atoms with Crippen molar-refractivity contribution in [2.45, 2.75) is 44.1 Å². The van der Waals surface area contributed by atoms with Gasteiger partial charge in [-0.3, -0.25) is 13.6 Å². The van der Waals surface area contributed by atoms with Gasteiger partial charge in [0.1, 0.15) is 17.5 Å². The number of nitrogens with two attached hydrogens (primary N) is 1. The van der Waals surface area contributed by atoms with Crippen LogP contribution < -0.4 is 11.4 Å². The lowest BCUT2D eigenvalue weighted by atomic mass is 9.99. The number of halogens is 2. The molecule has 30 heavy (non-hydrogen) atoms. The third-order valence-corrected chi connectivity index (χ3v) is 6.86. The topological polar surface area (TPSA) is 150 Å². The van der Waals surface area contributed by atoms with Crippen LogP contribution in [0.15, 0.2) is 17.1 Å². The molecule has 0 saturated carbocycles. The second kappa shape index (κ2) is 9.04. The first-order valence-electron chi connectivity index (χ1n) is 8.72. The van der Waals surface area contributed by atoms with E-state index in [2.05, 4.69) is 9.72 Å². The molecule has 0 amide bonds. The van der Waals surface area contributed by atoms with Gasteiger partial charge in [0.2, 0.25) is 6.79 Å². The number of hydrogen-bond acceptors (Lipinski definition) is 11. The number of nitrogen functional groups attached to an aromatic ring is 1. The molecule has 15 heteroatoms. The molecule has 2 fully saturated rings. The minimum Gasteiger partial charge on any atom is -0.432 e. The summed E-state index contributed by atoms with van der Waals surface area (Å²) in [5.41, 5.74) is 3.31. The van der Waals surface area contributed by atoms with Crippen LogP contribution in [0.3, 0.4) is 0 Å². The molecule has 3 heterocycles. The predicted molar refractivity (Wildman–Crippen MR) is 107 cm³/mol. The number of alkyl halides is 2. The van der Waals surface area contributed by atoms with Crippen LogP contribution >= 0.6 is 30.4 Å². The second-order valence-electron chi connectivity index (χ2n) is 6.75. The van der Waals surface area contributed by atoms with Gasteiger partial charge in [-0.15, -0.1) is 0 Å². The van der Waals surface area contributed by atoms with Crippen molar-refractivity contribution in [2.75, 3.05) is 23.6 Å². The van der Waals surface area contributed by atoms with Crippen LogP contribution in [0.25, 0.3) is 0 Å². The Hall–Kier alpha value is -1.32. The number of fused-ring (bicyclic) bond motifs is 1. The standard InChI is InChI=1S/C15H20FIN3O9P/c1-8(2)27-14(22)24-7-26-30(23)25-6-15(5-17)11(29-30)10(16)12(28-15)20-4-3-9(18)19-13(20)21/h3-4,8,10-12H,5-7H2,1-2H3,(H2,18,19,21)/t10-,11-,12+,15+,30?/m0/s1. The average Bonchev–Trinajstić information content (AvgIpc) is 2.94. The minimum absolute atomic E-state index is 0.0286. The van der Waals surface area contributed by atoms with Gasteiger partial charge in [0.05, 0.1) is 12.7 Å². The lowest BCUT2D eigenvalue weighted by Crippen LogP contribution is -2.51. The van der Waals surface area contributed by atoms with Crippen LogP contribution in [-0.2, 0) is 32.3 Å². The fourth-order valence-electron chi connectivity index (χ4n) is 2.85. The van der Waals surface area contributed by atoms with Crippen LogP contribution in [0.1, 0.15) is 20.1 Å². The lowest BCUT2D eigenvalue weighted by Gasteiger charge is -2.38. The Morgan fingerprint density at radius 2 is 2.30 bits per heavy atom. The summed E-state index contributed by atoms with van der Waals surface area (Å²) >= 11 is 1.94. The average molecular weight is 563 g/mol. The highest BCUT2D eigenvalue weighted by molar-refractivity contribution is 14.1. The summed E-state index contributed by atoms with van der Waals surface area (Å²) in [5, 5.41) is 0. The van der Waals surface area contributed by atoms with Crippen LogP contribution in [0.2, 0.25) is 0 Å². The zero-order valence-electron chi connectivity index (χ0n) is 15.9. The van der Waals surface area contributed by atoms with Crippen LogP contribution in [0, 0.1) is 0 Å². The number of carbonyl (C=O) groups is 1. The SMILES string of the molecule is CC(C)OC(=O)OCOP1(=O)OC[C@@]2(CI)O[C@@H](n3ccc(N)nc3=O)[C@@H](F)[C@@H]2O1. The Bertz CT molecular complexity index is 902. The van der Waals surface area contributed by atoms with E-state index in [9.17, 15) is 14.2 Å². The molecule has 1 unspecified atom stereocenters. The number of nitrogens with zero attached hydrogens (tertiary/aromatic N) is 2. The van der Waals surface area contributed by atoms with E-state index < -0.39 is 56.7 Å². The summed E-state index contributed by atoms with van der Waals surface area (Å²) in [4.78, 5) is 27.0. The lowest BCUT2D eigenvalue weighted by molar-refractivity contribution is -0.137. The highest BCUT2D eigenvalue weighted by Crippen LogP contribution is 2.60. The Labute approximate surface area is 183 Å². The molecule has 0 aromatic carbocycles. The molecule has 2 aliphatic heterocycles. The normalized spacial score (nSPS) is 33.3. The van der Waals surface area contributed by atoms with Gasteiger partial charge in [-0.05, 0) is 19.9 Å². The molecule has 1 aromatic rings. The second-order valence-corrected chi connectivity index (χ2v) is 9.13. The maximum Gasteiger partial charge on any atom is 0.510 e. The summed E-state index contributed by atoms with van der Waals surface area (Å²) < 4.78 is 59.6. The molecule has 2 saturated heterocycles. The molecule has 5 atom stereocenters. The van der Waals surface area contributed by atoms with Gasteiger partial charge in [0.25, 0.3) is 0 Å². The monoisotopic (exact) mass is 563 g/mol. The Balaban J connectivity index is 1.72. The van der Waals surface area contributed by atoms with Crippen molar-refractivity contribution < 1.29 is 41.5 Å². The molecule has 0 spiro atoms. The largest absolute Gasteiger partial charge is 0.510 e. The van der Waals surface area contributed by atoms with E-state index >= 15 is 4.39 Å². The molecule has 3 rings (SSSR count). The molecule has 0 bridgehead atoms. The molecular weight excluding hydrogens is 543 g/mol. The van der Waals surface area contributed by atoms with E-state index in [0.29, 0.717) is 0 Å². The van der Waals surface area contributed by atoms with Gasteiger partial charge in [0.15, 0.2) is 12.4 Å². The number of ether oxygens (including phenoxy) is 3. The summed E-state index contributed by atoms with van der Waals surface area (Å²) in [5.74, 6) is -0.0286. The summed E-state index contributed by atoms with van der Waals surface area (Å²) in [7, 11) is -4.28. The number of phosphoric ester groups is 1. The minimum atomic E-state index is -4.28. The Morgan fingerprint density at radius 3 is 2.93 bits per heavy atom. The highest BCUT2D eigenvalue weighted by Gasteiger charge is 2.63. The third-order valence-electron chi connectivity index (χ3n) is 4.22. The fraction of sp³-hybridized carbons (Fsp3) is 0.667. The van der Waals surface area contributed by atoms with E-state index in [0.717, 1.165) is 4.57 Å². The molecule has 2 aliphatic rings. The van der Waals surface area contributed by atoms with Crippen molar-refractivity contribution in [3.8, 4) is 0 Å². The quantitative estimate of drug-likeness (QED) is 0.178. The van der Waals surface area contributed by atoms with Crippen molar-refractivity contribution in [3.63, 3.8) is 0 Å². The third kappa shape index (κ3) is 4.78. The van der Waals surface area contributed by atoms with Gasteiger partial charge < -0.3 is 19.9 Å². The molecule has 0 aliphatic carbocycles. The zero-order chi connectivity index (χ0) is 22.1. The fourth-order valence-corrected chi connectivity index (χ4v) is 5.02. The van der Waals surface area contributed by atoms with Crippen molar-refractivity contribution in [3.05, 3.63) is 22.7 Å². The van der Waals surface area contributed by atoms with E-state index in [1.54, 1.807) is 13.8 Å². The number of rotatable bonds is 6. The van der Waals surface area contributed by atoms with Crippen LogP contribution in [0.4, 0.5) is 15.0 Å². The van der Waals surface area contributed by atoms with Crippen LogP contribution in [0.5, 0.6) is 0 Å².